The van der Waals surface area contributed by atoms with Crippen LogP contribution in [0.3, 0.4) is 0 Å². The van der Waals surface area contributed by atoms with Crippen molar-refractivity contribution in [1.82, 2.24) is 16.0 Å². The molecule has 0 spiro atoms. The van der Waals surface area contributed by atoms with E-state index in [0.29, 0.717) is 31.8 Å². The second-order valence-electron chi connectivity index (χ2n) is 7.17. The van der Waals surface area contributed by atoms with E-state index in [1.807, 2.05) is 6.92 Å². The lowest BCUT2D eigenvalue weighted by Crippen LogP contribution is -2.54. The van der Waals surface area contributed by atoms with Crippen molar-refractivity contribution in [3.05, 3.63) is 0 Å². The highest BCUT2D eigenvalue weighted by Crippen LogP contribution is 2.23. The first-order valence-electron chi connectivity index (χ1n) is 9.72. The molecule has 0 aromatic rings. The van der Waals surface area contributed by atoms with Gasteiger partial charge in [0.15, 0.2) is 0 Å². The molecule has 1 saturated carbocycles. The van der Waals surface area contributed by atoms with Gasteiger partial charge in [-0.2, -0.15) is 0 Å². The first kappa shape index (κ1) is 20.0. The third kappa shape index (κ3) is 6.82. The molecule has 2 fully saturated rings. The van der Waals surface area contributed by atoms with Crippen LogP contribution in [0, 0.1) is 0 Å². The highest BCUT2D eigenvalue weighted by atomic mass is 16.5. The molecule has 0 unspecified atom stereocenters. The van der Waals surface area contributed by atoms with Gasteiger partial charge in [-0.05, 0) is 32.1 Å². The maximum atomic E-state index is 12.2. The number of rotatable bonds is 7. The van der Waals surface area contributed by atoms with E-state index in [4.69, 9.17) is 4.74 Å². The number of amides is 3. The van der Waals surface area contributed by atoms with E-state index >= 15 is 0 Å². The van der Waals surface area contributed by atoms with Gasteiger partial charge >= 0.3 is 6.03 Å². The average Bonchev–Trinajstić information content (AvgIpc) is 2.62. The predicted molar refractivity (Wildman–Crippen MR) is 95.2 cm³/mol. The number of nitrogens with one attached hydrogen (secondary N) is 3. The Labute approximate surface area is 150 Å². The van der Waals surface area contributed by atoms with Crippen molar-refractivity contribution in [2.24, 2.45) is 0 Å². The lowest BCUT2D eigenvalue weighted by atomic mass is 9.94. The van der Waals surface area contributed by atoms with E-state index in [2.05, 4.69) is 16.0 Å². The van der Waals surface area contributed by atoms with Crippen LogP contribution in [0.25, 0.3) is 0 Å². The minimum absolute atomic E-state index is 0.0284. The number of carbonyl (C=O) groups is 2. The Bertz CT molecular complexity index is 427. The molecular formula is C18H33N3O4. The van der Waals surface area contributed by atoms with Crippen molar-refractivity contribution in [3.63, 3.8) is 0 Å². The largest absolute Gasteiger partial charge is 0.394 e. The van der Waals surface area contributed by atoms with Crippen LogP contribution < -0.4 is 16.0 Å². The highest BCUT2D eigenvalue weighted by Gasteiger charge is 2.33. The maximum Gasteiger partial charge on any atom is 0.315 e. The molecule has 3 amide bonds. The summed E-state index contributed by atoms with van der Waals surface area (Å²) >= 11 is 0. The average molecular weight is 355 g/mol. The van der Waals surface area contributed by atoms with E-state index in [9.17, 15) is 14.7 Å². The monoisotopic (exact) mass is 355 g/mol. The van der Waals surface area contributed by atoms with Crippen LogP contribution >= 0.6 is 0 Å². The van der Waals surface area contributed by atoms with Crippen molar-refractivity contribution in [2.45, 2.75) is 89.0 Å². The fourth-order valence-electron chi connectivity index (χ4n) is 3.65. The highest BCUT2D eigenvalue weighted by molar-refractivity contribution is 5.77. The molecule has 25 heavy (non-hydrogen) atoms. The van der Waals surface area contributed by atoms with Gasteiger partial charge in [-0.15, -0.1) is 0 Å². The minimum atomic E-state index is -0.464. The molecular weight excluding hydrogens is 322 g/mol. The lowest BCUT2D eigenvalue weighted by Gasteiger charge is -2.36. The van der Waals surface area contributed by atoms with E-state index in [1.165, 1.54) is 19.3 Å². The molecule has 144 valence electrons. The van der Waals surface area contributed by atoms with Gasteiger partial charge in [0.1, 0.15) is 6.10 Å². The normalized spacial score (nSPS) is 27.5. The number of urea groups is 1. The van der Waals surface area contributed by atoms with Crippen molar-refractivity contribution in [1.29, 1.82) is 0 Å². The van der Waals surface area contributed by atoms with Crippen LogP contribution in [0.15, 0.2) is 0 Å². The molecule has 3 atom stereocenters. The Morgan fingerprint density at radius 3 is 2.52 bits per heavy atom. The van der Waals surface area contributed by atoms with Gasteiger partial charge in [0.2, 0.25) is 5.91 Å². The molecule has 1 aliphatic heterocycles. The lowest BCUT2D eigenvalue weighted by molar-refractivity contribution is -0.131. The quantitative estimate of drug-likeness (QED) is 0.555. The van der Waals surface area contributed by atoms with Crippen LogP contribution in [0.1, 0.15) is 64.7 Å². The Balaban J connectivity index is 1.74. The van der Waals surface area contributed by atoms with E-state index in [0.717, 1.165) is 19.3 Å². The fraction of sp³-hybridized carbons (Fsp3) is 0.889. The summed E-state index contributed by atoms with van der Waals surface area (Å²) in [6, 6.07) is -0.156. The molecule has 4 N–H and O–H groups in total. The second kappa shape index (κ2) is 10.6. The van der Waals surface area contributed by atoms with Crippen molar-refractivity contribution < 1.29 is 19.4 Å². The summed E-state index contributed by atoms with van der Waals surface area (Å²) in [4.78, 5) is 24.0. The van der Waals surface area contributed by atoms with Gasteiger partial charge in [0.25, 0.3) is 0 Å². The zero-order valence-electron chi connectivity index (χ0n) is 15.3. The number of aliphatic hydroxyl groups excluding tert-OH is 1. The first-order valence-corrected chi connectivity index (χ1v) is 9.72. The maximum absolute atomic E-state index is 12.2. The molecule has 0 radical (unpaired) electrons. The molecule has 7 nitrogen and oxygen atoms in total. The van der Waals surface area contributed by atoms with Gasteiger partial charge in [-0.25, -0.2) is 4.79 Å². The molecule has 1 aliphatic carbocycles. The van der Waals surface area contributed by atoms with Gasteiger partial charge in [0, 0.05) is 12.6 Å². The Kier molecular flexibility index (Phi) is 8.48. The van der Waals surface area contributed by atoms with E-state index in [-0.39, 0.29) is 30.7 Å². The van der Waals surface area contributed by atoms with E-state index < -0.39 is 6.10 Å². The molecule has 2 rings (SSSR count). The summed E-state index contributed by atoms with van der Waals surface area (Å²) in [5.41, 5.74) is 0. The molecule has 7 heteroatoms. The fourth-order valence-corrected chi connectivity index (χ4v) is 3.65. The molecule has 0 bridgehead atoms. The third-order valence-corrected chi connectivity index (χ3v) is 5.03. The number of hydrogen-bond acceptors (Lipinski definition) is 4. The minimum Gasteiger partial charge on any atom is -0.394 e. The summed E-state index contributed by atoms with van der Waals surface area (Å²) < 4.78 is 5.86. The Hall–Kier alpha value is -1.34. The topological polar surface area (TPSA) is 99.7 Å². The third-order valence-electron chi connectivity index (χ3n) is 5.03. The van der Waals surface area contributed by atoms with Crippen LogP contribution in [0.2, 0.25) is 0 Å². The number of ether oxygens (including phenoxy) is 1. The molecule has 2 aliphatic rings. The van der Waals surface area contributed by atoms with Crippen LogP contribution in [-0.4, -0.2) is 54.5 Å². The zero-order valence-corrected chi connectivity index (χ0v) is 15.3. The SMILES string of the molecule is CCCNC(=O)N[C@@H]1CC[C@H](CC(=O)NC2CCCCC2)O[C@H]1CO. The number of carbonyl (C=O) groups excluding carboxylic acids is 2. The standard InChI is InChI=1S/C18H33N3O4/c1-2-10-19-18(24)21-15-9-8-14(25-16(15)12-22)11-17(23)20-13-6-4-3-5-7-13/h13-16,22H,2-12H2,1H3,(H,20,23)(H2,19,21,24)/t14-,15-,16+/m1/s1. The Morgan fingerprint density at radius 2 is 1.84 bits per heavy atom. The van der Waals surface area contributed by atoms with Crippen LogP contribution in [0.4, 0.5) is 4.79 Å². The first-order chi connectivity index (χ1) is 12.1. The summed E-state index contributed by atoms with van der Waals surface area (Å²) in [5.74, 6) is 0.0284. The van der Waals surface area contributed by atoms with Crippen LogP contribution in [-0.2, 0) is 9.53 Å². The summed E-state index contributed by atoms with van der Waals surface area (Å²) in [6.07, 6.45) is 7.69. The Morgan fingerprint density at radius 1 is 1.08 bits per heavy atom. The van der Waals surface area contributed by atoms with Crippen molar-refractivity contribution >= 4 is 11.9 Å². The van der Waals surface area contributed by atoms with Gasteiger partial charge in [-0.1, -0.05) is 26.2 Å². The zero-order chi connectivity index (χ0) is 18.1. The molecule has 1 heterocycles. The molecule has 0 aromatic carbocycles. The smallest absolute Gasteiger partial charge is 0.315 e. The van der Waals surface area contributed by atoms with Crippen LogP contribution in [0.5, 0.6) is 0 Å². The predicted octanol–water partition coefficient (Wildman–Crippen LogP) is 1.44. The summed E-state index contributed by atoms with van der Waals surface area (Å²) in [7, 11) is 0. The molecule has 0 aromatic heterocycles. The summed E-state index contributed by atoms with van der Waals surface area (Å²) in [6.45, 7) is 2.44. The van der Waals surface area contributed by atoms with Crippen molar-refractivity contribution in [2.75, 3.05) is 13.2 Å². The van der Waals surface area contributed by atoms with Crippen molar-refractivity contribution in [3.8, 4) is 0 Å². The molecule has 1 saturated heterocycles. The number of aliphatic hydroxyl groups is 1. The van der Waals surface area contributed by atoms with Gasteiger partial charge in [-0.3, -0.25) is 4.79 Å². The second-order valence-corrected chi connectivity index (χ2v) is 7.17. The van der Waals surface area contributed by atoms with Gasteiger partial charge < -0.3 is 25.8 Å². The number of hydrogen-bond donors (Lipinski definition) is 4. The van der Waals surface area contributed by atoms with Gasteiger partial charge in [0.05, 0.1) is 25.2 Å². The van der Waals surface area contributed by atoms with E-state index in [1.54, 1.807) is 0 Å². The summed E-state index contributed by atoms with van der Waals surface area (Å²) in [5, 5.41) is 18.3.